The topological polar surface area (TPSA) is 75.7 Å². The number of halogens is 2. The van der Waals surface area contributed by atoms with Gasteiger partial charge in [-0.25, -0.2) is 17.2 Å². The van der Waals surface area contributed by atoms with Crippen LogP contribution in [0.15, 0.2) is 47.4 Å². The number of nitrogens with one attached hydrogen (secondary N) is 1. The van der Waals surface area contributed by atoms with E-state index in [2.05, 4.69) is 5.32 Å². The number of sulfonamides is 1. The molecule has 1 amide bonds. The third kappa shape index (κ3) is 5.01. The summed E-state index contributed by atoms with van der Waals surface area (Å²) in [4.78, 5) is 12.1. The highest BCUT2D eigenvalue weighted by Gasteiger charge is 2.23. The number of hydrogen-bond donors (Lipinski definition) is 1. The van der Waals surface area contributed by atoms with Crippen molar-refractivity contribution in [2.45, 2.75) is 17.9 Å². The lowest BCUT2D eigenvalue weighted by atomic mass is 10.1. The molecule has 0 aliphatic heterocycles. The molecule has 0 fully saturated rings. The van der Waals surface area contributed by atoms with Crippen LogP contribution in [-0.2, 0) is 14.8 Å². The van der Waals surface area contributed by atoms with Crippen LogP contribution in [0.4, 0.5) is 8.78 Å². The third-order valence-electron chi connectivity index (χ3n) is 3.94. The minimum atomic E-state index is -3.94. The monoisotopic (exact) mass is 398 g/mol. The number of rotatable bonds is 7. The van der Waals surface area contributed by atoms with Crippen molar-refractivity contribution in [3.05, 3.63) is 59.7 Å². The van der Waals surface area contributed by atoms with Crippen molar-refractivity contribution >= 4 is 15.9 Å². The van der Waals surface area contributed by atoms with Gasteiger partial charge in [-0.1, -0.05) is 6.07 Å². The van der Waals surface area contributed by atoms with Crippen molar-refractivity contribution in [1.82, 2.24) is 9.62 Å². The Balaban J connectivity index is 2.03. The van der Waals surface area contributed by atoms with Gasteiger partial charge < -0.3 is 10.1 Å². The Bertz CT molecular complexity index is 917. The highest BCUT2D eigenvalue weighted by molar-refractivity contribution is 7.89. The van der Waals surface area contributed by atoms with E-state index >= 15 is 0 Å². The molecule has 0 bridgehead atoms. The normalized spacial score (nSPS) is 12.7. The van der Waals surface area contributed by atoms with E-state index in [1.807, 2.05) is 0 Å². The maximum atomic E-state index is 13.8. The molecule has 0 saturated heterocycles. The molecule has 0 aliphatic rings. The SMILES string of the molecule is COc1ccc(C(C)NC(=O)CN(C)S(=O)(=O)c2ccc(F)cc2)cc1F. The van der Waals surface area contributed by atoms with Crippen molar-refractivity contribution in [3.8, 4) is 5.75 Å². The number of carbonyl (C=O) groups excluding carboxylic acids is 1. The number of amides is 1. The second kappa shape index (κ2) is 8.45. The number of methoxy groups -OCH3 is 1. The van der Waals surface area contributed by atoms with Crippen LogP contribution < -0.4 is 10.1 Å². The lowest BCUT2D eigenvalue weighted by Crippen LogP contribution is -2.39. The Morgan fingerprint density at radius 3 is 2.37 bits per heavy atom. The predicted octanol–water partition coefficient (Wildman–Crippen LogP) is 2.47. The number of ether oxygens (including phenoxy) is 1. The fourth-order valence-corrected chi connectivity index (χ4v) is 3.52. The van der Waals surface area contributed by atoms with Gasteiger partial charge in [0, 0.05) is 7.05 Å². The van der Waals surface area contributed by atoms with Crippen molar-refractivity contribution < 1.29 is 26.7 Å². The van der Waals surface area contributed by atoms with E-state index in [1.165, 1.54) is 26.3 Å². The number of benzene rings is 2. The lowest BCUT2D eigenvalue weighted by Gasteiger charge is -2.19. The molecule has 1 atom stereocenters. The molecule has 27 heavy (non-hydrogen) atoms. The first-order valence-electron chi connectivity index (χ1n) is 8.00. The summed E-state index contributed by atoms with van der Waals surface area (Å²) >= 11 is 0. The molecule has 0 heterocycles. The molecule has 2 rings (SSSR count). The van der Waals surface area contributed by atoms with Gasteiger partial charge in [-0.3, -0.25) is 4.79 Å². The maximum Gasteiger partial charge on any atom is 0.243 e. The zero-order chi connectivity index (χ0) is 20.2. The van der Waals surface area contributed by atoms with Crippen LogP contribution in [0.5, 0.6) is 5.75 Å². The average Bonchev–Trinajstić information content (AvgIpc) is 2.61. The largest absolute Gasteiger partial charge is 0.494 e. The van der Waals surface area contributed by atoms with Gasteiger partial charge in [0.2, 0.25) is 15.9 Å². The van der Waals surface area contributed by atoms with Gasteiger partial charge in [0.15, 0.2) is 11.6 Å². The van der Waals surface area contributed by atoms with Gasteiger partial charge in [-0.15, -0.1) is 0 Å². The molecule has 0 spiro atoms. The molecule has 146 valence electrons. The fraction of sp³-hybridized carbons (Fsp3) is 0.278. The Kier molecular flexibility index (Phi) is 6.50. The molecule has 9 heteroatoms. The second-order valence-corrected chi connectivity index (χ2v) is 7.94. The molecule has 0 aliphatic carbocycles. The van der Waals surface area contributed by atoms with Crippen molar-refractivity contribution in [1.29, 1.82) is 0 Å². The standard InChI is InChI=1S/C18H20F2N2O4S/c1-12(13-4-9-17(26-3)16(20)10-13)21-18(23)11-22(2)27(24,25)15-7-5-14(19)6-8-15/h4-10,12H,11H2,1-3H3,(H,21,23). The summed E-state index contributed by atoms with van der Waals surface area (Å²) in [6.07, 6.45) is 0. The first-order chi connectivity index (χ1) is 12.6. The molecule has 2 aromatic carbocycles. The first kappa shape index (κ1) is 20.8. The number of hydrogen-bond acceptors (Lipinski definition) is 4. The van der Waals surface area contributed by atoms with E-state index in [9.17, 15) is 22.0 Å². The van der Waals surface area contributed by atoms with Gasteiger partial charge in [0.05, 0.1) is 24.6 Å². The highest BCUT2D eigenvalue weighted by atomic mass is 32.2. The molecule has 1 N–H and O–H groups in total. The minimum absolute atomic E-state index is 0.0856. The van der Waals surface area contributed by atoms with Gasteiger partial charge >= 0.3 is 0 Å². The van der Waals surface area contributed by atoms with Crippen molar-refractivity contribution in [2.75, 3.05) is 20.7 Å². The van der Waals surface area contributed by atoms with Gasteiger partial charge in [-0.2, -0.15) is 4.31 Å². The molecular formula is C18H20F2N2O4S. The Morgan fingerprint density at radius 2 is 1.81 bits per heavy atom. The van der Waals surface area contributed by atoms with Crippen LogP contribution in [0.25, 0.3) is 0 Å². The molecule has 0 aromatic heterocycles. The minimum Gasteiger partial charge on any atom is -0.494 e. The smallest absolute Gasteiger partial charge is 0.243 e. The number of nitrogens with zero attached hydrogens (tertiary/aromatic N) is 1. The summed E-state index contributed by atoms with van der Waals surface area (Å²) in [5, 5.41) is 2.61. The zero-order valence-corrected chi connectivity index (χ0v) is 15.9. The summed E-state index contributed by atoms with van der Waals surface area (Å²) in [5.41, 5.74) is 0.505. The molecule has 0 saturated carbocycles. The van der Waals surface area contributed by atoms with E-state index in [0.29, 0.717) is 5.56 Å². The van der Waals surface area contributed by atoms with Crippen LogP contribution in [0.2, 0.25) is 0 Å². The average molecular weight is 398 g/mol. The molecule has 2 aromatic rings. The van der Waals surface area contributed by atoms with E-state index in [0.717, 1.165) is 28.6 Å². The zero-order valence-electron chi connectivity index (χ0n) is 15.1. The van der Waals surface area contributed by atoms with Crippen LogP contribution in [0, 0.1) is 11.6 Å². The van der Waals surface area contributed by atoms with E-state index in [1.54, 1.807) is 13.0 Å². The third-order valence-corrected chi connectivity index (χ3v) is 5.76. The summed E-state index contributed by atoms with van der Waals surface area (Å²) in [6, 6.07) is 8.05. The van der Waals surface area contributed by atoms with Crippen molar-refractivity contribution in [3.63, 3.8) is 0 Å². The van der Waals surface area contributed by atoms with E-state index in [4.69, 9.17) is 4.74 Å². The van der Waals surface area contributed by atoms with Gasteiger partial charge in [-0.05, 0) is 48.9 Å². The lowest BCUT2D eigenvalue weighted by molar-refractivity contribution is -0.121. The van der Waals surface area contributed by atoms with E-state index in [-0.39, 0.29) is 10.6 Å². The second-order valence-electron chi connectivity index (χ2n) is 5.90. The van der Waals surface area contributed by atoms with Crippen LogP contribution in [-0.4, -0.2) is 39.3 Å². The summed E-state index contributed by atoms with van der Waals surface area (Å²) in [7, 11) is -1.34. The quantitative estimate of drug-likeness (QED) is 0.778. The van der Waals surface area contributed by atoms with Crippen LogP contribution >= 0.6 is 0 Å². The highest BCUT2D eigenvalue weighted by Crippen LogP contribution is 2.22. The summed E-state index contributed by atoms with van der Waals surface area (Å²) in [5.74, 6) is -1.60. The van der Waals surface area contributed by atoms with Crippen LogP contribution in [0.3, 0.4) is 0 Å². The predicted molar refractivity (Wildman–Crippen MR) is 95.7 cm³/mol. The van der Waals surface area contributed by atoms with Crippen molar-refractivity contribution in [2.24, 2.45) is 0 Å². The summed E-state index contributed by atoms with van der Waals surface area (Å²) < 4.78 is 57.3. The number of carbonyl (C=O) groups is 1. The maximum absolute atomic E-state index is 13.8. The molecule has 0 radical (unpaired) electrons. The molecule has 6 nitrogen and oxygen atoms in total. The first-order valence-corrected chi connectivity index (χ1v) is 9.44. The van der Waals surface area contributed by atoms with E-state index < -0.39 is 40.2 Å². The molecule has 1 unspecified atom stereocenters. The molecular weight excluding hydrogens is 378 g/mol. The summed E-state index contributed by atoms with van der Waals surface area (Å²) in [6.45, 7) is 1.20. The Morgan fingerprint density at radius 1 is 1.19 bits per heavy atom. The van der Waals surface area contributed by atoms with Crippen LogP contribution in [0.1, 0.15) is 18.5 Å². The Hall–Kier alpha value is -2.52. The Labute approximate surface area is 156 Å². The van der Waals surface area contributed by atoms with Gasteiger partial charge in [0.25, 0.3) is 0 Å². The number of likely N-dealkylation sites (N-methyl/N-ethyl adjacent to an activating group) is 1. The fourth-order valence-electron chi connectivity index (χ4n) is 2.40. The van der Waals surface area contributed by atoms with Gasteiger partial charge in [0.1, 0.15) is 5.82 Å².